The molecule has 0 atom stereocenters. The van der Waals surface area contributed by atoms with Crippen LogP contribution in [0.25, 0.3) is 0 Å². The molecule has 0 spiro atoms. The third-order valence-electron chi connectivity index (χ3n) is 3.51. The molecular formula is C20H19ClO2Sn. The van der Waals surface area contributed by atoms with Gasteiger partial charge in [0.2, 0.25) is 0 Å². The molecule has 0 aliphatic carbocycles. The van der Waals surface area contributed by atoms with Gasteiger partial charge >= 0.3 is 127 Å². The zero-order valence-corrected chi connectivity index (χ0v) is 17.5. The topological polar surface area (TPSA) is 26.3 Å². The van der Waals surface area contributed by atoms with E-state index in [1.165, 1.54) is 6.92 Å². The summed E-state index contributed by atoms with van der Waals surface area (Å²) < 4.78 is 8.21. The first kappa shape index (κ1) is 18.6. The normalized spacial score (nSPS) is 9.79. The van der Waals surface area contributed by atoms with Gasteiger partial charge in [-0.15, -0.1) is 0 Å². The van der Waals surface area contributed by atoms with E-state index in [4.69, 9.17) is 0 Å². The molecule has 2 nitrogen and oxygen atoms in total. The van der Waals surface area contributed by atoms with Gasteiger partial charge in [0.1, 0.15) is 11.9 Å². The molecular weight excluding hydrogens is 426 g/mol. The molecule has 0 amide bonds. The SMILES string of the molecule is CC(=O)OCl.c1cc[c]([SnH]([c]2ccccc2)[c]2ccccc2)cc1. The Bertz CT molecular complexity index is 639. The Kier molecular flexibility index (Phi) is 7.86. The minimum absolute atomic E-state index is 0.480. The molecule has 3 aromatic carbocycles. The molecule has 0 aliphatic rings. The fraction of sp³-hybridized carbons (Fsp3) is 0.0500. The second kappa shape index (κ2) is 10.2. The number of hydrogen-bond donors (Lipinski definition) is 0. The molecule has 24 heavy (non-hydrogen) atoms. The van der Waals surface area contributed by atoms with E-state index in [1.54, 1.807) is 10.7 Å². The first-order valence-corrected chi connectivity index (χ1v) is 12.9. The molecule has 4 heteroatoms. The molecule has 122 valence electrons. The van der Waals surface area contributed by atoms with Crippen LogP contribution in [0.1, 0.15) is 6.92 Å². The molecule has 0 bridgehead atoms. The Morgan fingerprint density at radius 2 is 0.958 bits per heavy atom. The number of rotatable bonds is 3. The summed E-state index contributed by atoms with van der Waals surface area (Å²) in [6.45, 7) is 1.23. The molecule has 0 radical (unpaired) electrons. The van der Waals surface area contributed by atoms with Crippen molar-refractivity contribution in [2.45, 2.75) is 6.92 Å². The van der Waals surface area contributed by atoms with Crippen molar-refractivity contribution in [2.75, 3.05) is 0 Å². The Morgan fingerprint density at radius 1 is 0.708 bits per heavy atom. The number of benzene rings is 3. The van der Waals surface area contributed by atoms with Gasteiger partial charge in [0.15, 0.2) is 0 Å². The maximum atomic E-state index is 9.46. The summed E-state index contributed by atoms with van der Waals surface area (Å²) in [5.74, 6) is -0.480. The summed E-state index contributed by atoms with van der Waals surface area (Å²) in [6.07, 6.45) is 0. The molecule has 0 unspecified atom stereocenters. The van der Waals surface area contributed by atoms with E-state index in [-0.39, 0.29) is 0 Å². The second-order valence-corrected chi connectivity index (χ2v) is 13.6. The van der Waals surface area contributed by atoms with Gasteiger partial charge in [0.25, 0.3) is 0 Å². The first-order chi connectivity index (χ1) is 11.7. The zero-order chi connectivity index (χ0) is 17.2. The summed E-state index contributed by atoms with van der Waals surface area (Å²) >= 11 is 2.35. The van der Waals surface area contributed by atoms with E-state index < -0.39 is 25.7 Å². The van der Waals surface area contributed by atoms with Gasteiger partial charge < -0.3 is 4.29 Å². The van der Waals surface area contributed by atoms with Crippen LogP contribution in [0.15, 0.2) is 91.0 Å². The van der Waals surface area contributed by atoms with Crippen LogP contribution in [0.3, 0.4) is 0 Å². The third-order valence-corrected chi connectivity index (χ3v) is 12.7. The molecule has 0 saturated carbocycles. The quantitative estimate of drug-likeness (QED) is 0.580. The zero-order valence-electron chi connectivity index (χ0n) is 13.4. The van der Waals surface area contributed by atoms with Crippen molar-refractivity contribution >= 4 is 48.3 Å². The summed E-state index contributed by atoms with van der Waals surface area (Å²) in [5, 5.41) is 0. The molecule has 0 aliphatic heterocycles. The van der Waals surface area contributed by atoms with E-state index in [2.05, 4.69) is 107 Å². The molecule has 0 saturated heterocycles. The maximum absolute atomic E-state index is 9.46. The van der Waals surface area contributed by atoms with Crippen LogP contribution in [-0.4, -0.2) is 25.7 Å². The number of carbonyl (C=O) groups is 1. The van der Waals surface area contributed by atoms with Gasteiger partial charge in [0.05, 0.1) is 0 Å². The number of halogens is 1. The van der Waals surface area contributed by atoms with Crippen LogP contribution >= 0.6 is 11.9 Å². The van der Waals surface area contributed by atoms with Crippen molar-refractivity contribution in [1.29, 1.82) is 0 Å². The summed E-state index contributed by atoms with van der Waals surface area (Å²) in [6, 6.07) is 33.0. The molecule has 0 N–H and O–H groups in total. The molecule has 0 aromatic heterocycles. The van der Waals surface area contributed by atoms with Crippen molar-refractivity contribution in [2.24, 2.45) is 0 Å². The van der Waals surface area contributed by atoms with E-state index >= 15 is 0 Å². The number of carbonyl (C=O) groups excluding carboxylic acids is 1. The predicted octanol–water partition coefficient (Wildman–Crippen LogP) is 2.64. The van der Waals surface area contributed by atoms with Gasteiger partial charge in [-0.05, 0) is 0 Å². The molecule has 3 rings (SSSR count). The molecule has 0 fully saturated rings. The summed E-state index contributed by atoms with van der Waals surface area (Å²) in [4.78, 5) is 9.46. The Labute approximate surface area is 155 Å². The summed E-state index contributed by atoms with van der Waals surface area (Å²) in [5.41, 5.74) is 0. The van der Waals surface area contributed by atoms with Gasteiger partial charge in [-0.1, -0.05) is 0 Å². The third kappa shape index (κ3) is 5.69. The monoisotopic (exact) mass is 446 g/mol. The van der Waals surface area contributed by atoms with Gasteiger partial charge in [0, 0.05) is 6.92 Å². The summed E-state index contributed by atoms with van der Waals surface area (Å²) in [7, 11) is 0. The van der Waals surface area contributed by atoms with Crippen molar-refractivity contribution in [3.8, 4) is 0 Å². The molecule has 3 aromatic rings. The Morgan fingerprint density at radius 3 is 1.17 bits per heavy atom. The fourth-order valence-corrected chi connectivity index (χ4v) is 11.0. The van der Waals surface area contributed by atoms with Crippen molar-refractivity contribution < 1.29 is 9.08 Å². The van der Waals surface area contributed by atoms with Crippen LogP contribution in [0.4, 0.5) is 0 Å². The van der Waals surface area contributed by atoms with Gasteiger partial charge in [-0.2, -0.15) is 0 Å². The predicted molar refractivity (Wildman–Crippen MR) is 103 cm³/mol. The van der Waals surface area contributed by atoms with Crippen molar-refractivity contribution in [3.05, 3.63) is 91.0 Å². The Hall–Kier alpha value is -1.78. The van der Waals surface area contributed by atoms with Gasteiger partial charge in [-0.25, -0.2) is 0 Å². The average Bonchev–Trinajstić information content (AvgIpc) is 2.65. The Balaban J connectivity index is 0.000000368. The van der Waals surface area contributed by atoms with E-state index in [1.807, 2.05) is 0 Å². The fourth-order valence-electron chi connectivity index (χ4n) is 2.51. The second-order valence-electron chi connectivity index (χ2n) is 5.23. The minimum atomic E-state index is -2.14. The average molecular weight is 446 g/mol. The first-order valence-electron chi connectivity index (χ1n) is 7.66. The number of hydrogen-bond acceptors (Lipinski definition) is 2. The van der Waals surface area contributed by atoms with Crippen LogP contribution in [0.2, 0.25) is 0 Å². The van der Waals surface area contributed by atoms with E-state index in [0.29, 0.717) is 0 Å². The van der Waals surface area contributed by atoms with E-state index in [0.717, 1.165) is 0 Å². The van der Waals surface area contributed by atoms with Crippen molar-refractivity contribution in [1.82, 2.24) is 0 Å². The van der Waals surface area contributed by atoms with Crippen LogP contribution < -0.4 is 10.7 Å². The molecule has 0 heterocycles. The standard InChI is InChI=1S/3C6H5.C2H3ClO2.Sn.H/c3*1-2-4-6-5-3-1;1-2(4)5-3;;/h3*1-5H;1H3;;. The van der Waals surface area contributed by atoms with Crippen LogP contribution in [0, 0.1) is 0 Å². The van der Waals surface area contributed by atoms with Gasteiger partial charge in [-0.3, -0.25) is 4.79 Å². The van der Waals surface area contributed by atoms with E-state index in [9.17, 15) is 4.79 Å². The van der Waals surface area contributed by atoms with Crippen LogP contribution in [-0.2, 0) is 9.08 Å². The van der Waals surface area contributed by atoms with Crippen LogP contribution in [0.5, 0.6) is 0 Å². The van der Waals surface area contributed by atoms with Crippen molar-refractivity contribution in [3.63, 3.8) is 0 Å².